The van der Waals surface area contributed by atoms with E-state index in [1.807, 2.05) is 12.3 Å². The summed E-state index contributed by atoms with van der Waals surface area (Å²) in [4.78, 5) is 9.05. The quantitative estimate of drug-likeness (QED) is 0.672. The number of halogens is 1. The van der Waals surface area contributed by atoms with Gasteiger partial charge in [-0.05, 0) is 37.4 Å². The SMILES string of the molecule is CSc1nc2c(c(Nc3cccc(F)c3)n1)CCNC2. The molecule has 6 heteroatoms. The summed E-state index contributed by atoms with van der Waals surface area (Å²) in [6.07, 6.45) is 2.82. The van der Waals surface area contributed by atoms with Crippen LogP contribution < -0.4 is 10.6 Å². The monoisotopic (exact) mass is 290 g/mol. The Bertz CT molecular complexity index is 633. The minimum Gasteiger partial charge on any atom is -0.340 e. The Morgan fingerprint density at radius 1 is 1.35 bits per heavy atom. The molecule has 2 aromatic rings. The molecule has 2 heterocycles. The van der Waals surface area contributed by atoms with Crippen LogP contribution in [0.5, 0.6) is 0 Å². The van der Waals surface area contributed by atoms with Crippen LogP contribution in [0.4, 0.5) is 15.9 Å². The third-order valence-corrected chi connectivity index (χ3v) is 3.73. The van der Waals surface area contributed by atoms with Crippen LogP contribution in [0.25, 0.3) is 0 Å². The lowest BCUT2D eigenvalue weighted by atomic mass is 10.1. The molecule has 1 aromatic heterocycles. The van der Waals surface area contributed by atoms with Gasteiger partial charge in [0.25, 0.3) is 0 Å². The summed E-state index contributed by atoms with van der Waals surface area (Å²) in [6, 6.07) is 6.41. The highest BCUT2D eigenvalue weighted by Crippen LogP contribution is 2.26. The standard InChI is InChI=1S/C14H15FN4S/c1-20-14-18-12-8-16-6-5-11(12)13(19-14)17-10-4-2-3-9(15)7-10/h2-4,7,16H,5-6,8H2,1H3,(H,17,18,19). The second-order valence-electron chi connectivity index (χ2n) is 4.55. The summed E-state index contributed by atoms with van der Waals surface area (Å²) in [6.45, 7) is 1.66. The van der Waals surface area contributed by atoms with Gasteiger partial charge in [-0.1, -0.05) is 17.8 Å². The fourth-order valence-corrected chi connectivity index (χ4v) is 2.62. The van der Waals surface area contributed by atoms with E-state index in [9.17, 15) is 4.39 Å². The Balaban J connectivity index is 1.99. The summed E-state index contributed by atoms with van der Waals surface area (Å²) in [5.74, 6) is 0.524. The average molecular weight is 290 g/mol. The van der Waals surface area contributed by atoms with Gasteiger partial charge in [0.05, 0.1) is 5.69 Å². The van der Waals surface area contributed by atoms with Crippen LogP contribution >= 0.6 is 11.8 Å². The number of aromatic nitrogens is 2. The zero-order valence-electron chi connectivity index (χ0n) is 11.1. The van der Waals surface area contributed by atoms with Crippen molar-refractivity contribution in [1.29, 1.82) is 0 Å². The molecule has 104 valence electrons. The van der Waals surface area contributed by atoms with Gasteiger partial charge in [-0.2, -0.15) is 0 Å². The van der Waals surface area contributed by atoms with E-state index in [0.29, 0.717) is 5.69 Å². The first-order valence-electron chi connectivity index (χ1n) is 6.43. The van der Waals surface area contributed by atoms with Crippen LogP contribution in [0.2, 0.25) is 0 Å². The number of hydrogen-bond donors (Lipinski definition) is 2. The predicted octanol–water partition coefficient (Wildman–Crippen LogP) is 2.73. The number of nitrogens with zero attached hydrogens (tertiary/aromatic N) is 2. The van der Waals surface area contributed by atoms with Gasteiger partial charge in [0.15, 0.2) is 5.16 Å². The van der Waals surface area contributed by atoms with E-state index >= 15 is 0 Å². The number of nitrogens with one attached hydrogen (secondary N) is 2. The summed E-state index contributed by atoms with van der Waals surface area (Å²) < 4.78 is 13.3. The van der Waals surface area contributed by atoms with Crippen LogP contribution in [0, 0.1) is 5.82 Å². The summed E-state index contributed by atoms with van der Waals surface area (Å²) in [5.41, 5.74) is 2.84. The van der Waals surface area contributed by atoms with Crippen LogP contribution in [0.3, 0.4) is 0 Å². The average Bonchev–Trinajstić information content (AvgIpc) is 2.47. The first kappa shape index (κ1) is 13.3. The van der Waals surface area contributed by atoms with Gasteiger partial charge in [0.1, 0.15) is 11.6 Å². The highest BCUT2D eigenvalue weighted by Gasteiger charge is 2.17. The largest absolute Gasteiger partial charge is 0.340 e. The van der Waals surface area contributed by atoms with Crippen LogP contribution in [-0.4, -0.2) is 22.8 Å². The van der Waals surface area contributed by atoms with Crippen LogP contribution in [0.15, 0.2) is 29.4 Å². The molecule has 0 aliphatic carbocycles. The topological polar surface area (TPSA) is 49.8 Å². The maximum atomic E-state index is 13.3. The second-order valence-corrected chi connectivity index (χ2v) is 5.32. The Morgan fingerprint density at radius 3 is 3.05 bits per heavy atom. The van der Waals surface area contributed by atoms with E-state index in [0.717, 1.165) is 41.7 Å². The van der Waals surface area contributed by atoms with Gasteiger partial charge in [-0.25, -0.2) is 14.4 Å². The molecule has 0 unspecified atom stereocenters. The van der Waals surface area contributed by atoms with Crippen molar-refractivity contribution >= 4 is 23.3 Å². The van der Waals surface area contributed by atoms with Crippen LogP contribution in [0.1, 0.15) is 11.3 Å². The van der Waals surface area contributed by atoms with E-state index in [4.69, 9.17) is 0 Å². The molecule has 1 aliphatic rings. The number of rotatable bonds is 3. The van der Waals surface area contributed by atoms with Crippen molar-refractivity contribution in [1.82, 2.24) is 15.3 Å². The lowest BCUT2D eigenvalue weighted by Gasteiger charge is -2.20. The van der Waals surface area contributed by atoms with Gasteiger partial charge in [0, 0.05) is 17.8 Å². The van der Waals surface area contributed by atoms with Crippen molar-refractivity contribution in [3.8, 4) is 0 Å². The Morgan fingerprint density at radius 2 is 2.25 bits per heavy atom. The lowest BCUT2D eigenvalue weighted by molar-refractivity contribution is 0.615. The van der Waals surface area contributed by atoms with Crippen molar-refractivity contribution in [2.24, 2.45) is 0 Å². The first-order chi connectivity index (χ1) is 9.76. The van der Waals surface area contributed by atoms with E-state index < -0.39 is 0 Å². The van der Waals surface area contributed by atoms with Gasteiger partial charge < -0.3 is 10.6 Å². The number of fused-ring (bicyclic) bond motifs is 1. The highest BCUT2D eigenvalue weighted by molar-refractivity contribution is 7.98. The predicted molar refractivity (Wildman–Crippen MR) is 78.9 cm³/mol. The molecule has 20 heavy (non-hydrogen) atoms. The lowest BCUT2D eigenvalue weighted by Crippen LogP contribution is -2.26. The zero-order valence-corrected chi connectivity index (χ0v) is 11.9. The molecule has 0 fully saturated rings. The Labute approximate surface area is 121 Å². The minimum absolute atomic E-state index is 0.260. The molecule has 0 amide bonds. The smallest absolute Gasteiger partial charge is 0.189 e. The Hall–Kier alpha value is -1.66. The van der Waals surface area contributed by atoms with Gasteiger partial charge in [-0.3, -0.25) is 0 Å². The number of hydrogen-bond acceptors (Lipinski definition) is 5. The van der Waals surface area contributed by atoms with E-state index in [2.05, 4.69) is 20.6 Å². The summed E-state index contributed by atoms with van der Waals surface area (Å²) >= 11 is 1.51. The molecule has 0 spiro atoms. The van der Waals surface area contributed by atoms with E-state index in [1.54, 1.807) is 6.07 Å². The third kappa shape index (κ3) is 2.76. The maximum absolute atomic E-state index is 13.3. The molecule has 1 aliphatic heterocycles. The zero-order chi connectivity index (χ0) is 13.9. The molecule has 0 atom stereocenters. The van der Waals surface area contributed by atoms with Crippen molar-refractivity contribution in [3.05, 3.63) is 41.3 Å². The Kier molecular flexibility index (Phi) is 3.84. The maximum Gasteiger partial charge on any atom is 0.189 e. The molecular weight excluding hydrogens is 275 g/mol. The third-order valence-electron chi connectivity index (χ3n) is 3.19. The van der Waals surface area contributed by atoms with Gasteiger partial charge in [-0.15, -0.1) is 0 Å². The van der Waals surface area contributed by atoms with Crippen molar-refractivity contribution in [2.45, 2.75) is 18.1 Å². The first-order valence-corrected chi connectivity index (χ1v) is 7.66. The number of benzene rings is 1. The molecule has 0 radical (unpaired) electrons. The van der Waals surface area contributed by atoms with E-state index in [-0.39, 0.29) is 5.82 Å². The van der Waals surface area contributed by atoms with Gasteiger partial charge >= 0.3 is 0 Å². The highest BCUT2D eigenvalue weighted by atomic mass is 32.2. The fraction of sp³-hybridized carbons (Fsp3) is 0.286. The molecule has 0 saturated heterocycles. The molecule has 0 bridgehead atoms. The normalized spacial score (nSPS) is 13.9. The van der Waals surface area contributed by atoms with Crippen molar-refractivity contribution < 1.29 is 4.39 Å². The van der Waals surface area contributed by atoms with Crippen molar-refractivity contribution in [2.75, 3.05) is 18.1 Å². The van der Waals surface area contributed by atoms with Gasteiger partial charge in [0.2, 0.25) is 0 Å². The molecule has 0 saturated carbocycles. The second kappa shape index (κ2) is 5.76. The molecule has 1 aromatic carbocycles. The summed E-state index contributed by atoms with van der Waals surface area (Å²) in [5, 5.41) is 7.25. The molecule has 3 rings (SSSR count). The minimum atomic E-state index is -0.260. The number of anilines is 2. The van der Waals surface area contributed by atoms with E-state index in [1.165, 1.54) is 23.9 Å². The van der Waals surface area contributed by atoms with Crippen LogP contribution in [-0.2, 0) is 13.0 Å². The molecule has 4 nitrogen and oxygen atoms in total. The van der Waals surface area contributed by atoms with Crippen molar-refractivity contribution in [3.63, 3.8) is 0 Å². The molecule has 2 N–H and O–H groups in total. The fourth-order valence-electron chi connectivity index (χ4n) is 2.23. The summed E-state index contributed by atoms with van der Waals surface area (Å²) in [7, 11) is 0. The number of thioether (sulfide) groups is 1. The molecular formula is C14H15FN4S.